The lowest BCUT2D eigenvalue weighted by Gasteiger charge is -2.40. The molecule has 3 saturated carbocycles. The van der Waals surface area contributed by atoms with Crippen molar-refractivity contribution in [1.82, 2.24) is 0 Å². The molecule has 0 amide bonds. The quantitative estimate of drug-likeness (QED) is 0.622. The van der Waals surface area contributed by atoms with Crippen LogP contribution in [0.3, 0.4) is 0 Å². The minimum Gasteiger partial charge on any atom is -0.368 e. The molecule has 0 unspecified atom stereocenters. The fourth-order valence-corrected chi connectivity index (χ4v) is 8.62. The van der Waals surface area contributed by atoms with Gasteiger partial charge in [-0.2, -0.15) is 0 Å². The van der Waals surface area contributed by atoms with E-state index in [-0.39, 0.29) is 40.7 Å². The van der Waals surface area contributed by atoms with Gasteiger partial charge in [0.15, 0.2) is 11.6 Å². The van der Waals surface area contributed by atoms with Gasteiger partial charge in [0, 0.05) is 30.1 Å². The average Bonchev–Trinajstić information content (AvgIpc) is 2.99. The van der Waals surface area contributed by atoms with Gasteiger partial charge >= 0.3 is 0 Å². The summed E-state index contributed by atoms with van der Waals surface area (Å²) in [6, 6.07) is 0. The molecular weight excluding hydrogens is 332 g/mol. The van der Waals surface area contributed by atoms with Crippen LogP contribution in [0, 0.1) is 23.2 Å². The Labute approximate surface area is 153 Å². The molecule has 3 aliphatic heterocycles. The van der Waals surface area contributed by atoms with Crippen molar-refractivity contribution in [3.05, 3.63) is 11.1 Å². The summed E-state index contributed by atoms with van der Waals surface area (Å²) in [7, 11) is 0. The average molecular weight is 358 g/mol. The molecule has 0 radical (unpaired) electrons. The number of allylic oxidation sites excluding steroid dienone is 1. The molecule has 0 N–H and O–H groups in total. The maximum Gasteiger partial charge on any atom is 0.175 e. The molecule has 140 valence electrons. The summed E-state index contributed by atoms with van der Waals surface area (Å²) in [5.74, 6) is 0.632. The van der Waals surface area contributed by atoms with Crippen LogP contribution < -0.4 is 0 Å². The van der Waals surface area contributed by atoms with Crippen molar-refractivity contribution in [3.8, 4) is 0 Å². The Kier molecular flexibility index (Phi) is 2.34. The molecule has 0 aromatic heterocycles. The van der Waals surface area contributed by atoms with E-state index in [0.717, 1.165) is 24.8 Å². The molecule has 2 bridgehead atoms. The van der Waals surface area contributed by atoms with E-state index >= 15 is 0 Å². The second-order valence-electron chi connectivity index (χ2n) is 10.1. The highest BCUT2D eigenvalue weighted by Gasteiger charge is 2.91. The number of rotatable bonds is 0. The molecule has 26 heavy (non-hydrogen) atoms. The molecule has 6 fully saturated rings. The minimum atomic E-state index is -0.507. The zero-order valence-corrected chi connectivity index (χ0v) is 15.7. The van der Waals surface area contributed by atoms with Crippen LogP contribution in [0.2, 0.25) is 0 Å². The molecule has 7 aliphatic rings. The summed E-state index contributed by atoms with van der Waals surface area (Å²) in [4.78, 5) is 12.5. The van der Waals surface area contributed by atoms with Crippen molar-refractivity contribution >= 4 is 5.78 Å². The highest BCUT2D eigenvalue weighted by atomic mass is 16.7. The van der Waals surface area contributed by atoms with Gasteiger partial charge < -0.3 is 18.9 Å². The van der Waals surface area contributed by atoms with Crippen molar-refractivity contribution in [2.24, 2.45) is 23.2 Å². The molecule has 0 aromatic rings. The molecule has 7 rings (SSSR count). The topological polar surface area (TPSA) is 57.3 Å². The number of Topliss-reactive ketones (excluding diaryl/α,β-unsaturated/α-hetero) is 1. The van der Waals surface area contributed by atoms with Gasteiger partial charge in [-0.05, 0) is 39.2 Å². The van der Waals surface area contributed by atoms with Gasteiger partial charge in [-0.25, -0.2) is 0 Å². The fraction of sp³-hybridized carbons (Fsp3) is 0.857. The molecule has 8 atom stereocenters. The SMILES string of the molecule is CC1=C2CC[C@]34[C@@H]5C6(C[C@H]3[C@](C)(O[C@H]4[C@@H]3O[C@]53C)[C@H]2CC1=O)OCCO6. The monoisotopic (exact) mass is 358 g/mol. The first-order chi connectivity index (χ1) is 12.4. The normalized spacial score (nSPS) is 60.4. The Bertz CT molecular complexity index is 796. The lowest BCUT2D eigenvalue weighted by Crippen LogP contribution is -2.48. The zero-order chi connectivity index (χ0) is 17.7. The van der Waals surface area contributed by atoms with Crippen LogP contribution in [-0.2, 0) is 23.7 Å². The van der Waals surface area contributed by atoms with Crippen molar-refractivity contribution in [2.45, 2.75) is 75.7 Å². The third kappa shape index (κ3) is 1.27. The van der Waals surface area contributed by atoms with Crippen LogP contribution in [0.1, 0.15) is 46.5 Å². The molecule has 4 aliphatic carbocycles. The number of carbonyl (C=O) groups is 1. The van der Waals surface area contributed by atoms with Crippen LogP contribution in [0.15, 0.2) is 11.1 Å². The Balaban J connectivity index is 1.45. The first-order valence-corrected chi connectivity index (χ1v) is 10.2. The fourth-order valence-electron chi connectivity index (χ4n) is 8.62. The molecule has 5 nitrogen and oxygen atoms in total. The highest BCUT2D eigenvalue weighted by molar-refractivity contribution is 5.98. The second-order valence-corrected chi connectivity index (χ2v) is 10.1. The van der Waals surface area contributed by atoms with E-state index in [0.29, 0.717) is 31.3 Å². The summed E-state index contributed by atoms with van der Waals surface area (Å²) >= 11 is 0. The first-order valence-electron chi connectivity index (χ1n) is 10.2. The molecule has 5 heteroatoms. The van der Waals surface area contributed by atoms with Crippen LogP contribution in [0.5, 0.6) is 0 Å². The third-order valence-corrected chi connectivity index (χ3v) is 9.46. The van der Waals surface area contributed by atoms with Crippen molar-refractivity contribution in [3.63, 3.8) is 0 Å². The number of fused-ring (bicyclic) bond motifs is 6. The number of carbonyl (C=O) groups excluding carboxylic acids is 1. The number of hydrogen-bond acceptors (Lipinski definition) is 5. The first kappa shape index (κ1) is 15.2. The standard InChI is InChI=1S/C21H26O5/c1-10-11-4-5-20-14-9-21(23-6-7-24-21)17(20)19(3)15(25-19)16(20)26-18(14,2)12(11)8-13(10)22/h12,14-17H,4-9H2,1-3H3/t12-,14-,15-,16-,17+,18+,19-,20-/m0/s1. The van der Waals surface area contributed by atoms with Gasteiger partial charge in [-0.1, -0.05) is 5.57 Å². The van der Waals surface area contributed by atoms with E-state index < -0.39 is 5.79 Å². The second kappa shape index (κ2) is 4.00. The maximum atomic E-state index is 12.5. The summed E-state index contributed by atoms with van der Waals surface area (Å²) in [5.41, 5.74) is 1.95. The van der Waals surface area contributed by atoms with Crippen molar-refractivity contribution in [1.29, 1.82) is 0 Å². The predicted octanol–water partition coefficient (Wildman–Crippen LogP) is 2.38. The van der Waals surface area contributed by atoms with E-state index in [4.69, 9.17) is 18.9 Å². The van der Waals surface area contributed by atoms with E-state index in [9.17, 15) is 4.79 Å². The molecule has 2 spiro atoms. The number of hydrogen-bond donors (Lipinski definition) is 0. The molecule has 0 aromatic carbocycles. The largest absolute Gasteiger partial charge is 0.368 e. The van der Waals surface area contributed by atoms with Crippen LogP contribution >= 0.6 is 0 Å². The van der Waals surface area contributed by atoms with E-state index in [1.807, 2.05) is 6.92 Å². The molecule has 3 heterocycles. The number of ketones is 1. The number of epoxide rings is 1. The van der Waals surface area contributed by atoms with E-state index in [1.54, 1.807) is 0 Å². The molecule has 3 saturated heterocycles. The highest BCUT2D eigenvalue weighted by Crippen LogP contribution is 2.82. The van der Waals surface area contributed by atoms with Crippen LogP contribution in [-0.4, -0.2) is 48.2 Å². The lowest BCUT2D eigenvalue weighted by atomic mass is 9.65. The minimum absolute atomic E-state index is 0.0669. The summed E-state index contributed by atoms with van der Waals surface area (Å²) in [6.07, 6.45) is 3.86. The van der Waals surface area contributed by atoms with E-state index in [2.05, 4.69) is 13.8 Å². The van der Waals surface area contributed by atoms with Gasteiger partial charge in [0.2, 0.25) is 0 Å². The Hall–Kier alpha value is -0.750. The lowest BCUT2D eigenvalue weighted by molar-refractivity contribution is -0.223. The van der Waals surface area contributed by atoms with Crippen LogP contribution in [0.4, 0.5) is 0 Å². The Morgan fingerprint density at radius 2 is 1.77 bits per heavy atom. The van der Waals surface area contributed by atoms with Gasteiger partial charge in [-0.15, -0.1) is 0 Å². The van der Waals surface area contributed by atoms with Gasteiger partial charge in [0.1, 0.15) is 11.7 Å². The summed E-state index contributed by atoms with van der Waals surface area (Å²) in [5, 5.41) is 0. The zero-order valence-electron chi connectivity index (χ0n) is 15.7. The Morgan fingerprint density at radius 3 is 2.54 bits per heavy atom. The predicted molar refractivity (Wildman–Crippen MR) is 90.3 cm³/mol. The van der Waals surface area contributed by atoms with E-state index in [1.165, 1.54) is 5.57 Å². The summed E-state index contributed by atoms with van der Waals surface area (Å²) in [6.45, 7) is 7.88. The van der Waals surface area contributed by atoms with Crippen LogP contribution in [0.25, 0.3) is 0 Å². The maximum absolute atomic E-state index is 12.5. The van der Waals surface area contributed by atoms with Crippen molar-refractivity contribution < 1.29 is 23.7 Å². The van der Waals surface area contributed by atoms with Gasteiger partial charge in [0.25, 0.3) is 0 Å². The van der Waals surface area contributed by atoms with Crippen molar-refractivity contribution in [2.75, 3.05) is 13.2 Å². The number of ether oxygens (including phenoxy) is 4. The Morgan fingerprint density at radius 1 is 1.04 bits per heavy atom. The smallest absolute Gasteiger partial charge is 0.175 e. The third-order valence-electron chi connectivity index (χ3n) is 9.46. The van der Waals surface area contributed by atoms with Gasteiger partial charge in [-0.3, -0.25) is 4.79 Å². The molecular formula is C21H26O5. The van der Waals surface area contributed by atoms with Gasteiger partial charge in [0.05, 0.1) is 30.8 Å². The summed E-state index contributed by atoms with van der Waals surface area (Å²) < 4.78 is 25.8.